The average Bonchev–Trinajstić information content (AvgIpc) is 1.84. The van der Waals surface area contributed by atoms with Gasteiger partial charge in [-0.05, 0) is 6.92 Å². The van der Waals surface area contributed by atoms with Gasteiger partial charge >= 0.3 is 0 Å². The second-order valence-corrected chi connectivity index (χ2v) is 1.79. The second kappa shape index (κ2) is 3.12. The molecule has 0 aromatic heterocycles. The number of nitrogens with two attached hydrogens (primary N) is 1. The Morgan fingerprint density at radius 3 is 2.22 bits per heavy atom. The highest BCUT2D eigenvalue weighted by molar-refractivity contribution is 5.91. The number of hydrogen-bond donors (Lipinski definition) is 2. The van der Waals surface area contributed by atoms with E-state index in [1.165, 1.54) is 6.92 Å². The molecule has 0 rings (SSSR count). The molecule has 0 aliphatic carbocycles. The highest BCUT2D eigenvalue weighted by atomic mass is 16.3. The summed E-state index contributed by atoms with van der Waals surface area (Å²) >= 11 is 0. The molecule has 0 aromatic carbocycles. The molecule has 0 aromatic rings. The zero-order chi connectivity index (χ0) is 7.44. The van der Waals surface area contributed by atoms with Crippen LogP contribution in [0.5, 0.6) is 0 Å². The van der Waals surface area contributed by atoms with Crippen LogP contribution >= 0.6 is 0 Å². The lowest BCUT2D eigenvalue weighted by atomic mass is 10.2. The lowest BCUT2D eigenvalue weighted by Gasteiger charge is -1.97. The number of rotatable bonds is 2. The molecule has 3 N–H and O–H groups in total. The summed E-state index contributed by atoms with van der Waals surface area (Å²) in [6, 6.07) is 0. The van der Waals surface area contributed by atoms with E-state index in [-0.39, 0.29) is 11.3 Å². The summed E-state index contributed by atoms with van der Waals surface area (Å²) in [5.74, 6) is -0.489. The van der Waals surface area contributed by atoms with Crippen LogP contribution in [0.2, 0.25) is 0 Å². The van der Waals surface area contributed by atoms with Crippen LogP contribution in [0.15, 0.2) is 11.3 Å². The van der Waals surface area contributed by atoms with Crippen molar-refractivity contribution in [3.05, 3.63) is 11.3 Å². The van der Waals surface area contributed by atoms with Crippen molar-refractivity contribution < 1.29 is 9.90 Å². The average molecular weight is 129 g/mol. The molecule has 1 amide bonds. The monoisotopic (exact) mass is 129 g/mol. The first-order valence-electron chi connectivity index (χ1n) is 2.78. The highest BCUT2D eigenvalue weighted by Crippen LogP contribution is 2.02. The lowest BCUT2D eigenvalue weighted by Crippen LogP contribution is -2.13. The van der Waals surface area contributed by atoms with Gasteiger partial charge in [0, 0.05) is 6.42 Å². The summed E-state index contributed by atoms with van der Waals surface area (Å²) in [6.45, 7) is 3.25. The maximum atomic E-state index is 10.3. The first-order chi connectivity index (χ1) is 4.09. The van der Waals surface area contributed by atoms with Gasteiger partial charge in [0.25, 0.3) is 0 Å². The van der Waals surface area contributed by atoms with E-state index in [4.69, 9.17) is 10.8 Å². The van der Waals surface area contributed by atoms with Crippen LogP contribution in [0.25, 0.3) is 0 Å². The number of amides is 1. The first kappa shape index (κ1) is 8.01. The van der Waals surface area contributed by atoms with Gasteiger partial charge < -0.3 is 10.8 Å². The molecule has 9 heavy (non-hydrogen) atoms. The predicted octanol–water partition coefficient (Wildman–Crippen LogP) is 0.714. The third-order valence-corrected chi connectivity index (χ3v) is 1.14. The molecule has 0 aliphatic heterocycles. The molecular weight excluding hydrogens is 118 g/mol. The van der Waals surface area contributed by atoms with E-state index in [2.05, 4.69) is 0 Å². The number of hydrogen-bond acceptors (Lipinski definition) is 2. The van der Waals surface area contributed by atoms with Crippen LogP contribution < -0.4 is 5.73 Å². The van der Waals surface area contributed by atoms with Crippen LogP contribution in [0.4, 0.5) is 0 Å². The Hall–Kier alpha value is -0.990. The molecule has 0 aliphatic rings. The molecule has 0 bridgehead atoms. The number of aliphatic hydroxyl groups is 1. The standard InChI is InChI=1S/C6H11NO2/c1-3-5(8)4(2)6(7)9/h8H,3H2,1-2H3,(H2,7,9)/b5-4+. The normalized spacial score (nSPS) is 12.7. The Labute approximate surface area is 54.2 Å². The first-order valence-corrected chi connectivity index (χ1v) is 2.78. The molecule has 3 heteroatoms. The van der Waals surface area contributed by atoms with Crippen molar-refractivity contribution in [2.75, 3.05) is 0 Å². The van der Waals surface area contributed by atoms with Crippen LogP contribution in [0.3, 0.4) is 0 Å². The topological polar surface area (TPSA) is 63.3 Å². The Morgan fingerprint density at radius 2 is 2.11 bits per heavy atom. The van der Waals surface area contributed by atoms with E-state index in [1.807, 2.05) is 0 Å². The van der Waals surface area contributed by atoms with Crippen molar-refractivity contribution in [3.8, 4) is 0 Å². The van der Waals surface area contributed by atoms with Crippen molar-refractivity contribution in [1.82, 2.24) is 0 Å². The Balaban J connectivity index is 4.28. The third kappa shape index (κ3) is 2.17. The molecule has 0 spiro atoms. The molecule has 0 saturated heterocycles. The van der Waals surface area contributed by atoms with Crippen molar-refractivity contribution in [3.63, 3.8) is 0 Å². The van der Waals surface area contributed by atoms with Crippen molar-refractivity contribution in [2.45, 2.75) is 20.3 Å². The molecule has 3 nitrogen and oxygen atoms in total. The largest absolute Gasteiger partial charge is 0.512 e. The summed E-state index contributed by atoms with van der Waals surface area (Å²) in [5.41, 5.74) is 5.10. The fourth-order valence-electron chi connectivity index (χ4n) is 0.407. The van der Waals surface area contributed by atoms with Gasteiger partial charge in [0.1, 0.15) is 5.76 Å². The highest BCUT2D eigenvalue weighted by Gasteiger charge is 2.02. The fraction of sp³-hybridized carbons (Fsp3) is 0.500. The Morgan fingerprint density at radius 1 is 1.67 bits per heavy atom. The predicted molar refractivity (Wildman–Crippen MR) is 34.8 cm³/mol. The van der Waals surface area contributed by atoms with Gasteiger partial charge in [-0.1, -0.05) is 6.92 Å². The van der Waals surface area contributed by atoms with E-state index in [9.17, 15) is 4.79 Å². The van der Waals surface area contributed by atoms with Crippen LogP contribution in [0.1, 0.15) is 20.3 Å². The quantitative estimate of drug-likeness (QED) is 0.426. The molecule has 0 fully saturated rings. The minimum atomic E-state index is -0.561. The van der Waals surface area contributed by atoms with Crippen molar-refractivity contribution >= 4 is 5.91 Å². The maximum absolute atomic E-state index is 10.3. The number of allylic oxidation sites excluding steroid dienone is 1. The Bertz CT molecular complexity index is 149. The van der Waals surface area contributed by atoms with E-state index < -0.39 is 5.91 Å². The maximum Gasteiger partial charge on any atom is 0.247 e. The summed E-state index contributed by atoms with van der Waals surface area (Å²) in [5, 5.41) is 8.88. The minimum absolute atomic E-state index is 0.0718. The lowest BCUT2D eigenvalue weighted by molar-refractivity contribution is -0.114. The zero-order valence-electron chi connectivity index (χ0n) is 5.64. The summed E-state index contributed by atoms with van der Waals surface area (Å²) in [7, 11) is 0. The minimum Gasteiger partial charge on any atom is -0.512 e. The second-order valence-electron chi connectivity index (χ2n) is 1.79. The van der Waals surface area contributed by atoms with E-state index >= 15 is 0 Å². The van der Waals surface area contributed by atoms with Crippen molar-refractivity contribution in [2.24, 2.45) is 5.73 Å². The SMILES string of the molecule is CC/C(O)=C(/C)C(N)=O. The van der Waals surface area contributed by atoms with Gasteiger partial charge in [-0.25, -0.2) is 0 Å². The van der Waals surface area contributed by atoms with Gasteiger partial charge in [-0.2, -0.15) is 0 Å². The van der Waals surface area contributed by atoms with Crippen LogP contribution in [0, 0.1) is 0 Å². The summed E-state index contributed by atoms with van der Waals surface area (Å²) < 4.78 is 0. The Kier molecular flexibility index (Phi) is 2.78. The number of primary amides is 1. The molecule has 0 unspecified atom stereocenters. The van der Waals surface area contributed by atoms with Crippen LogP contribution in [-0.2, 0) is 4.79 Å². The van der Waals surface area contributed by atoms with Crippen LogP contribution in [-0.4, -0.2) is 11.0 Å². The van der Waals surface area contributed by atoms with E-state index in [0.29, 0.717) is 6.42 Å². The van der Waals surface area contributed by atoms with Gasteiger partial charge in [0.15, 0.2) is 0 Å². The molecule has 0 saturated carbocycles. The molecular formula is C6H11NO2. The van der Waals surface area contributed by atoms with E-state index in [1.54, 1.807) is 6.92 Å². The van der Waals surface area contributed by atoms with E-state index in [0.717, 1.165) is 0 Å². The van der Waals surface area contributed by atoms with Gasteiger partial charge in [-0.15, -0.1) is 0 Å². The van der Waals surface area contributed by atoms with Gasteiger partial charge in [-0.3, -0.25) is 4.79 Å². The van der Waals surface area contributed by atoms with Gasteiger partial charge in [0.05, 0.1) is 5.57 Å². The molecule has 52 valence electrons. The molecule has 0 atom stereocenters. The number of aliphatic hydroxyl groups excluding tert-OH is 1. The molecule has 0 heterocycles. The van der Waals surface area contributed by atoms with Gasteiger partial charge in [0.2, 0.25) is 5.91 Å². The summed E-state index contributed by atoms with van der Waals surface area (Å²) in [6.07, 6.45) is 0.453. The fourth-order valence-corrected chi connectivity index (χ4v) is 0.407. The number of carbonyl (C=O) groups excluding carboxylic acids is 1. The third-order valence-electron chi connectivity index (χ3n) is 1.14. The zero-order valence-corrected chi connectivity index (χ0v) is 5.64. The number of carbonyl (C=O) groups is 1. The summed E-state index contributed by atoms with van der Waals surface area (Å²) in [4.78, 5) is 10.3. The smallest absolute Gasteiger partial charge is 0.247 e. The van der Waals surface area contributed by atoms with Crippen molar-refractivity contribution in [1.29, 1.82) is 0 Å². The molecule has 0 radical (unpaired) electrons.